The minimum Gasteiger partial charge on any atom is -0.504 e. The van der Waals surface area contributed by atoms with Crippen molar-refractivity contribution in [2.24, 2.45) is 5.41 Å². The quantitative estimate of drug-likeness (QED) is 0.713. The summed E-state index contributed by atoms with van der Waals surface area (Å²) in [5, 5.41) is 21.6. The molecule has 112 valence electrons. The second-order valence-electron chi connectivity index (χ2n) is 5.53. The number of phenolic OH excluding ortho intramolecular Hbond substituents is 1. The first-order chi connectivity index (χ1) is 9.41. The van der Waals surface area contributed by atoms with Gasteiger partial charge in [-0.1, -0.05) is 19.9 Å². The largest absolute Gasteiger partial charge is 0.504 e. The summed E-state index contributed by atoms with van der Waals surface area (Å²) in [6.45, 7) is 4.67. The fraction of sp³-hybridized carbons (Fsp3) is 0.533. The Hall–Kier alpha value is -1.75. The number of hydrogen-bond acceptors (Lipinski definition) is 4. The molecule has 1 aromatic carbocycles. The minimum absolute atomic E-state index is 0.104. The molecule has 20 heavy (non-hydrogen) atoms. The van der Waals surface area contributed by atoms with Gasteiger partial charge in [0.15, 0.2) is 11.5 Å². The number of carbonyl (C=O) groups is 1. The van der Waals surface area contributed by atoms with Gasteiger partial charge in [-0.2, -0.15) is 0 Å². The molecule has 0 saturated heterocycles. The average molecular weight is 281 g/mol. The van der Waals surface area contributed by atoms with E-state index in [9.17, 15) is 9.90 Å². The maximum Gasteiger partial charge on any atom is 0.255 e. The lowest BCUT2D eigenvalue weighted by molar-refractivity contribution is 0.0929. The third-order valence-corrected chi connectivity index (χ3v) is 3.20. The zero-order valence-electron chi connectivity index (χ0n) is 12.3. The van der Waals surface area contributed by atoms with Crippen molar-refractivity contribution < 1.29 is 19.7 Å². The van der Waals surface area contributed by atoms with Crippen molar-refractivity contribution in [1.29, 1.82) is 0 Å². The summed E-state index contributed by atoms with van der Waals surface area (Å²) in [5.41, 5.74) is 0.0923. The van der Waals surface area contributed by atoms with Gasteiger partial charge in [0.05, 0.1) is 12.7 Å². The first-order valence-electron chi connectivity index (χ1n) is 6.66. The predicted molar refractivity (Wildman–Crippen MR) is 77.1 cm³/mol. The van der Waals surface area contributed by atoms with Gasteiger partial charge in [0, 0.05) is 13.2 Å². The third kappa shape index (κ3) is 4.42. The maximum atomic E-state index is 12.1. The average Bonchev–Trinajstić information content (AvgIpc) is 2.43. The zero-order valence-corrected chi connectivity index (χ0v) is 12.3. The van der Waals surface area contributed by atoms with Crippen molar-refractivity contribution in [3.05, 3.63) is 23.8 Å². The second-order valence-corrected chi connectivity index (χ2v) is 5.53. The smallest absolute Gasteiger partial charge is 0.255 e. The molecular formula is C15H23NO4. The van der Waals surface area contributed by atoms with Gasteiger partial charge in [-0.15, -0.1) is 0 Å². The first-order valence-corrected chi connectivity index (χ1v) is 6.66. The van der Waals surface area contributed by atoms with E-state index >= 15 is 0 Å². The molecule has 0 atom stereocenters. The molecule has 0 aliphatic carbocycles. The van der Waals surface area contributed by atoms with Crippen LogP contribution in [0.25, 0.3) is 0 Å². The van der Waals surface area contributed by atoms with Gasteiger partial charge in [0.2, 0.25) is 0 Å². The number of ether oxygens (including phenoxy) is 1. The molecule has 0 saturated carbocycles. The van der Waals surface area contributed by atoms with Crippen molar-refractivity contribution in [3.8, 4) is 11.5 Å². The number of rotatable bonds is 7. The number of benzene rings is 1. The molecule has 0 bridgehead atoms. The van der Waals surface area contributed by atoms with Crippen LogP contribution in [-0.4, -0.2) is 36.4 Å². The monoisotopic (exact) mass is 281 g/mol. The topological polar surface area (TPSA) is 78.8 Å². The Kier molecular flexibility index (Phi) is 5.82. The lowest BCUT2D eigenvalue weighted by atomic mass is 9.88. The van der Waals surface area contributed by atoms with Crippen molar-refractivity contribution in [2.45, 2.75) is 26.7 Å². The third-order valence-electron chi connectivity index (χ3n) is 3.20. The van der Waals surface area contributed by atoms with E-state index in [0.717, 1.165) is 6.42 Å². The van der Waals surface area contributed by atoms with Crippen molar-refractivity contribution in [2.75, 3.05) is 20.3 Å². The van der Waals surface area contributed by atoms with Gasteiger partial charge in [-0.25, -0.2) is 0 Å². The Morgan fingerprint density at radius 3 is 2.70 bits per heavy atom. The van der Waals surface area contributed by atoms with Crippen LogP contribution in [0.15, 0.2) is 18.2 Å². The zero-order chi connectivity index (χ0) is 15.2. The van der Waals surface area contributed by atoms with E-state index in [1.807, 2.05) is 13.8 Å². The van der Waals surface area contributed by atoms with Crippen LogP contribution in [0.2, 0.25) is 0 Å². The molecule has 5 nitrogen and oxygen atoms in total. The van der Waals surface area contributed by atoms with Gasteiger partial charge in [0.1, 0.15) is 0 Å². The van der Waals surface area contributed by atoms with Crippen molar-refractivity contribution in [1.82, 2.24) is 5.32 Å². The fourth-order valence-electron chi connectivity index (χ4n) is 1.93. The number of carbonyl (C=O) groups excluding carboxylic acids is 1. The molecule has 0 aliphatic heterocycles. The van der Waals surface area contributed by atoms with Crippen LogP contribution in [0.1, 0.15) is 37.0 Å². The molecule has 0 fully saturated rings. The molecule has 3 N–H and O–H groups in total. The molecule has 0 spiro atoms. The Morgan fingerprint density at radius 1 is 1.40 bits per heavy atom. The minimum atomic E-state index is -0.335. The number of amides is 1. The molecular weight excluding hydrogens is 258 g/mol. The van der Waals surface area contributed by atoms with Gasteiger partial charge in [0.25, 0.3) is 5.91 Å². The molecule has 0 aliphatic rings. The summed E-state index contributed by atoms with van der Waals surface area (Å²) in [6, 6.07) is 4.80. The van der Waals surface area contributed by atoms with Crippen LogP contribution in [0.3, 0.4) is 0 Å². The lowest BCUT2D eigenvalue weighted by Crippen LogP contribution is -2.34. The highest BCUT2D eigenvalue weighted by molar-refractivity contribution is 5.97. The Balaban J connectivity index is 2.68. The molecule has 1 aromatic rings. The Bertz CT molecular complexity index is 457. The standard InChI is InChI=1S/C15H23NO4/c1-15(2,8-5-9-17)10-16-14(19)11-6-4-7-12(20-3)13(11)18/h4,6-7,17-18H,5,8-10H2,1-3H3,(H,16,19). The molecule has 0 heterocycles. The van der Waals surface area contributed by atoms with Crippen LogP contribution < -0.4 is 10.1 Å². The summed E-state index contributed by atoms with van der Waals surface area (Å²) in [6.07, 6.45) is 1.52. The number of nitrogens with one attached hydrogen (secondary N) is 1. The van der Waals surface area contributed by atoms with Gasteiger partial charge >= 0.3 is 0 Å². The molecule has 0 radical (unpaired) electrons. The number of phenols is 1. The van der Waals surface area contributed by atoms with Gasteiger partial charge in [-0.3, -0.25) is 4.79 Å². The van der Waals surface area contributed by atoms with Gasteiger partial charge in [-0.05, 0) is 30.4 Å². The second kappa shape index (κ2) is 7.14. The SMILES string of the molecule is COc1cccc(C(=O)NCC(C)(C)CCCO)c1O. The number of para-hydroxylation sites is 1. The summed E-state index contributed by atoms with van der Waals surface area (Å²) in [7, 11) is 1.44. The maximum absolute atomic E-state index is 12.1. The molecule has 0 aromatic heterocycles. The number of hydrogen-bond donors (Lipinski definition) is 3. The normalized spacial score (nSPS) is 11.2. The first kappa shape index (κ1) is 16.3. The van der Waals surface area contributed by atoms with E-state index in [0.29, 0.717) is 13.0 Å². The molecule has 5 heteroatoms. The van der Waals surface area contributed by atoms with E-state index in [2.05, 4.69) is 5.32 Å². The van der Waals surface area contributed by atoms with E-state index in [-0.39, 0.29) is 35.0 Å². The van der Waals surface area contributed by atoms with Crippen molar-refractivity contribution >= 4 is 5.91 Å². The van der Waals surface area contributed by atoms with E-state index in [1.54, 1.807) is 18.2 Å². The van der Waals surface area contributed by atoms with E-state index < -0.39 is 0 Å². The number of aliphatic hydroxyl groups is 1. The highest BCUT2D eigenvalue weighted by Gasteiger charge is 2.20. The Morgan fingerprint density at radius 2 is 2.10 bits per heavy atom. The van der Waals surface area contributed by atoms with Gasteiger partial charge < -0.3 is 20.3 Å². The van der Waals surface area contributed by atoms with Crippen LogP contribution in [-0.2, 0) is 0 Å². The molecule has 1 amide bonds. The van der Waals surface area contributed by atoms with E-state index in [1.165, 1.54) is 7.11 Å². The molecule has 1 rings (SSSR count). The van der Waals surface area contributed by atoms with Crippen LogP contribution in [0.5, 0.6) is 11.5 Å². The number of methoxy groups -OCH3 is 1. The summed E-state index contributed by atoms with van der Waals surface area (Å²) < 4.78 is 4.98. The van der Waals surface area contributed by atoms with Crippen LogP contribution >= 0.6 is 0 Å². The van der Waals surface area contributed by atoms with Crippen LogP contribution in [0.4, 0.5) is 0 Å². The highest BCUT2D eigenvalue weighted by Crippen LogP contribution is 2.29. The summed E-state index contributed by atoms with van der Waals surface area (Å²) >= 11 is 0. The number of aliphatic hydroxyl groups excluding tert-OH is 1. The lowest BCUT2D eigenvalue weighted by Gasteiger charge is -2.24. The number of aromatic hydroxyl groups is 1. The fourth-order valence-corrected chi connectivity index (χ4v) is 1.93. The van der Waals surface area contributed by atoms with Crippen LogP contribution in [0, 0.1) is 5.41 Å². The molecule has 0 unspecified atom stereocenters. The summed E-state index contributed by atoms with van der Waals surface area (Å²) in [4.78, 5) is 12.1. The van der Waals surface area contributed by atoms with E-state index in [4.69, 9.17) is 9.84 Å². The summed E-state index contributed by atoms with van der Waals surface area (Å²) in [5.74, 6) is -0.212. The predicted octanol–water partition coefficient (Wildman–Crippen LogP) is 1.93. The highest BCUT2D eigenvalue weighted by atomic mass is 16.5. The Labute approximate surface area is 119 Å². The van der Waals surface area contributed by atoms with Crippen molar-refractivity contribution in [3.63, 3.8) is 0 Å².